The predicted molar refractivity (Wildman–Crippen MR) is 104 cm³/mol. The van der Waals surface area contributed by atoms with E-state index in [0.29, 0.717) is 10.7 Å². The molecule has 26 heavy (non-hydrogen) atoms. The second-order valence-electron chi connectivity index (χ2n) is 5.49. The van der Waals surface area contributed by atoms with Crippen molar-refractivity contribution in [3.63, 3.8) is 0 Å². The molecule has 1 aliphatic heterocycles. The molecule has 1 aromatic carbocycles. The fourth-order valence-corrected chi connectivity index (χ4v) is 3.81. The molecular formula is C19H15NO4S2. The Kier molecular flexibility index (Phi) is 5.70. The number of carboxylic acid groups (broad SMARTS) is 1. The first kappa shape index (κ1) is 18.2. The second kappa shape index (κ2) is 8.16. The molecule has 1 amide bonds. The molecule has 0 saturated carbocycles. The van der Waals surface area contributed by atoms with E-state index in [1.807, 2.05) is 30.3 Å². The number of carbonyl (C=O) groups excluding carboxylic acids is 1. The van der Waals surface area contributed by atoms with Gasteiger partial charge in [-0.1, -0.05) is 60.4 Å². The number of amides is 1. The number of thioether (sulfide) groups is 1. The van der Waals surface area contributed by atoms with E-state index in [-0.39, 0.29) is 10.7 Å². The van der Waals surface area contributed by atoms with E-state index in [4.69, 9.17) is 16.6 Å². The Bertz CT molecular complexity index is 872. The molecule has 0 aliphatic carbocycles. The molecule has 0 spiro atoms. The van der Waals surface area contributed by atoms with Gasteiger partial charge in [-0.05, 0) is 29.8 Å². The number of furan rings is 1. The highest BCUT2D eigenvalue weighted by Crippen LogP contribution is 2.33. The van der Waals surface area contributed by atoms with Gasteiger partial charge in [-0.25, -0.2) is 4.79 Å². The summed E-state index contributed by atoms with van der Waals surface area (Å²) < 4.78 is 5.43. The van der Waals surface area contributed by atoms with Crippen LogP contribution in [0.1, 0.15) is 11.3 Å². The summed E-state index contributed by atoms with van der Waals surface area (Å²) in [4.78, 5) is 26.0. The molecule has 1 N–H and O–H groups in total. The maximum atomic E-state index is 12.7. The van der Waals surface area contributed by atoms with Crippen LogP contribution in [0.15, 0.2) is 70.2 Å². The van der Waals surface area contributed by atoms with Crippen LogP contribution >= 0.6 is 24.0 Å². The lowest BCUT2D eigenvalue weighted by Gasteiger charge is -2.23. The van der Waals surface area contributed by atoms with Crippen molar-refractivity contribution in [1.82, 2.24) is 4.90 Å². The van der Waals surface area contributed by atoms with Crippen LogP contribution in [-0.2, 0) is 16.0 Å². The van der Waals surface area contributed by atoms with Crippen LogP contribution in [-0.4, -0.2) is 32.2 Å². The van der Waals surface area contributed by atoms with Gasteiger partial charge in [-0.3, -0.25) is 9.69 Å². The minimum Gasteiger partial charge on any atom is -0.480 e. The normalized spacial score (nSPS) is 17.4. The predicted octanol–water partition coefficient (Wildman–Crippen LogP) is 3.73. The van der Waals surface area contributed by atoms with E-state index < -0.39 is 17.9 Å². The van der Waals surface area contributed by atoms with E-state index >= 15 is 0 Å². The summed E-state index contributed by atoms with van der Waals surface area (Å²) in [6.45, 7) is 0. The van der Waals surface area contributed by atoms with Crippen molar-refractivity contribution in [2.45, 2.75) is 12.5 Å². The average Bonchev–Trinajstić information content (AvgIpc) is 3.23. The number of rotatable bonds is 6. The molecular weight excluding hydrogens is 370 g/mol. The summed E-state index contributed by atoms with van der Waals surface area (Å²) in [7, 11) is 0. The first-order valence-corrected chi connectivity index (χ1v) is 9.02. The van der Waals surface area contributed by atoms with Crippen LogP contribution in [0.5, 0.6) is 0 Å². The molecule has 1 saturated heterocycles. The zero-order valence-corrected chi connectivity index (χ0v) is 15.2. The molecule has 1 fully saturated rings. The molecule has 1 aromatic heterocycles. The van der Waals surface area contributed by atoms with Gasteiger partial charge in [-0.2, -0.15) is 0 Å². The number of benzene rings is 1. The van der Waals surface area contributed by atoms with Gasteiger partial charge in [0, 0.05) is 6.42 Å². The molecule has 1 aliphatic rings. The van der Waals surface area contributed by atoms with Crippen LogP contribution in [0.4, 0.5) is 0 Å². The molecule has 2 aromatic rings. The summed E-state index contributed by atoms with van der Waals surface area (Å²) in [6.07, 6.45) is 6.75. The van der Waals surface area contributed by atoms with Gasteiger partial charge in [0.25, 0.3) is 5.91 Å². The summed E-state index contributed by atoms with van der Waals surface area (Å²) in [5.74, 6) is -0.825. The molecule has 5 nitrogen and oxygen atoms in total. The number of carboxylic acids is 1. The molecule has 0 radical (unpaired) electrons. The first-order valence-electron chi connectivity index (χ1n) is 7.80. The number of thiocarbonyl (C=S) groups is 1. The van der Waals surface area contributed by atoms with E-state index in [2.05, 4.69) is 0 Å². The summed E-state index contributed by atoms with van der Waals surface area (Å²) >= 11 is 6.36. The van der Waals surface area contributed by atoms with Crippen LogP contribution in [0.3, 0.4) is 0 Å². The number of allylic oxidation sites excluding steroid dienone is 2. The van der Waals surface area contributed by atoms with Gasteiger partial charge in [0.05, 0.1) is 11.2 Å². The maximum absolute atomic E-state index is 12.7. The third kappa shape index (κ3) is 4.12. The van der Waals surface area contributed by atoms with Gasteiger partial charge in [0.1, 0.15) is 16.1 Å². The van der Waals surface area contributed by atoms with Crippen molar-refractivity contribution in [1.29, 1.82) is 0 Å². The molecule has 132 valence electrons. The molecule has 3 rings (SSSR count). The average molecular weight is 385 g/mol. The minimum absolute atomic E-state index is 0.193. The zero-order valence-electron chi connectivity index (χ0n) is 13.6. The number of nitrogens with zero attached hydrogens (tertiary/aromatic N) is 1. The Morgan fingerprint density at radius 2 is 2.04 bits per heavy atom. The highest BCUT2D eigenvalue weighted by atomic mass is 32.2. The SMILES string of the molecule is O=C(O)[C@@H](Cc1ccccc1)N1C(=O)/C(=C\C=C\c2ccco2)SC1=S. The molecule has 7 heteroatoms. The number of carbonyl (C=O) groups is 2. The van der Waals surface area contributed by atoms with Crippen LogP contribution in [0.2, 0.25) is 0 Å². The lowest BCUT2D eigenvalue weighted by molar-refractivity contribution is -0.145. The summed E-state index contributed by atoms with van der Waals surface area (Å²) in [5, 5.41) is 9.61. The van der Waals surface area contributed by atoms with Crippen molar-refractivity contribution in [2.24, 2.45) is 0 Å². The quantitative estimate of drug-likeness (QED) is 0.603. The van der Waals surface area contributed by atoms with Gasteiger partial charge >= 0.3 is 5.97 Å². The Balaban J connectivity index is 1.79. The van der Waals surface area contributed by atoms with E-state index in [0.717, 1.165) is 17.3 Å². The van der Waals surface area contributed by atoms with Gasteiger partial charge < -0.3 is 9.52 Å². The fraction of sp³-hybridized carbons (Fsp3) is 0.105. The van der Waals surface area contributed by atoms with Crippen molar-refractivity contribution in [3.8, 4) is 0 Å². The molecule has 1 atom stereocenters. The molecule has 2 heterocycles. The lowest BCUT2D eigenvalue weighted by atomic mass is 10.0. The van der Waals surface area contributed by atoms with Crippen LogP contribution in [0, 0.1) is 0 Å². The topological polar surface area (TPSA) is 70.8 Å². The summed E-state index contributed by atoms with van der Waals surface area (Å²) in [6, 6.07) is 11.7. The Labute approximate surface area is 160 Å². The van der Waals surface area contributed by atoms with Gasteiger partial charge in [0.2, 0.25) is 0 Å². The van der Waals surface area contributed by atoms with Gasteiger partial charge in [-0.15, -0.1) is 0 Å². The van der Waals surface area contributed by atoms with Crippen molar-refractivity contribution >= 4 is 46.3 Å². The highest BCUT2D eigenvalue weighted by Gasteiger charge is 2.40. The first-order chi connectivity index (χ1) is 12.6. The van der Waals surface area contributed by atoms with Crippen molar-refractivity contribution < 1.29 is 19.1 Å². The van der Waals surface area contributed by atoms with E-state index in [1.165, 1.54) is 4.90 Å². The molecule has 0 unspecified atom stereocenters. The maximum Gasteiger partial charge on any atom is 0.327 e. The second-order valence-corrected chi connectivity index (χ2v) is 7.17. The minimum atomic E-state index is -1.09. The van der Waals surface area contributed by atoms with Crippen LogP contribution < -0.4 is 0 Å². The smallest absolute Gasteiger partial charge is 0.327 e. The standard InChI is InChI=1S/C19H15NO4S2/c21-17-16(10-4-8-14-9-5-11-24-14)26-19(25)20(17)15(18(22)23)12-13-6-2-1-3-7-13/h1-11,15H,12H2,(H,22,23)/b8-4+,16-10+/t15-/m1/s1. The zero-order chi connectivity index (χ0) is 18.5. The molecule has 0 bridgehead atoms. The highest BCUT2D eigenvalue weighted by molar-refractivity contribution is 8.26. The largest absolute Gasteiger partial charge is 0.480 e. The third-order valence-electron chi connectivity index (χ3n) is 3.74. The van der Waals surface area contributed by atoms with E-state index in [9.17, 15) is 14.7 Å². The van der Waals surface area contributed by atoms with Gasteiger partial charge in [0.15, 0.2) is 0 Å². The number of aliphatic carboxylic acids is 1. The number of hydrogen-bond acceptors (Lipinski definition) is 5. The lowest BCUT2D eigenvalue weighted by Crippen LogP contribution is -2.45. The Morgan fingerprint density at radius 1 is 1.27 bits per heavy atom. The summed E-state index contributed by atoms with van der Waals surface area (Å²) in [5.41, 5.74) is 0.829. The van der Waals surface area contributed by atoms with E-state index in [1.54, 1.807) is 36.6 Å². The monoisotopic (exact) mass is 385 g/mol. The van der Waals surface area contributed by atoms with Crippen molar-refractivity contribution in [3.05, 3.63) is 77.1 Å². The van der Waals surface area contributed by atoms with Crippen LogP contribution in [0.25, 0.3) is 6.08 Å². The Morgan fingerprint density at radius 3 is 2.69 bits per heavy atom. The number of hydrogen-bond donors (Lipinski definition) is 1. The third-order valence-corrected chi connectivity index (χ3v) is 5.09. The Hall–Kier alpha value is -2.64. The van der Waals surface area contributed by atoms with Crippen molar-refractivity contribution in [2.75, 3.05) is 0 Å². The fourth-order valence-electron chi connectivity index (χ4n) is 2.51.